The minimum absolute atomic E-state index is 0.835. The van der Waals surface area contributed by atoms with E-state index < -0.39 is 0 Å². The van der Waals surface area contributed by atoms with Crippen LogP contribution in [0.3, 0.4) is 0 Å². The molecule has 0 bridgehead atoms. The van der Waals surface area contributed by atoms with Crippen molar-refractivity contribution in [2.75, 3.05) is 9.80 Å². The second-order valence-electron chi connectivity index (χ2n) is 16.1. The zero-order chi connectivity index (χ0) is 42.4. The summed E-state index contributed by atoms with van der Waals surface area (Å²) in [6.07, 6.45) is 0. The maximum absolute atomic E-state index is 6.61. The second-order valence-corrected chi connectivity index (χ2v) is 16.1. The molecular formula is C60H40N2O2. The zero-order valence-electron chi connectivity index (χ0n) is 34.8. The highest BCUT2D eigenvalue weighted by Gasteiger charge is 2.21. The molecule has 0 radical (unpaired) electrons. The molecule has 0 fully saturated rings. The monoisotopic (exact) mass is 820 g/mol. The standard InChI is InChI=1S/C60H40N2O2/c1-3-12-41(13-4-1)43-22-30-47(31-23-43)61(48-32-24-44(25-33-48)42-14-5-2-6-15-42)49-34-26-45(27-35-49)46-28-36-50(37-29-46)62(51-38-39-54-52-16-7-9-20-57(52)63-59(54)40-51)56-19-11-18-55-53-17-8-10-21-58(53)64-60(55)56/h1-40H. The number of rotatable bonds is 9. The van der Waals surface area contributed by atoms with E-state index in [1.165, 1.54) is 22.3 Å². The van der Waals surface area contributed by atoms with Crippen LogP contribution in [0, 0.1) is 0 Å². The SMILES string of the molecule is c1ccc(-c2ccc(N(c3ccc(-c4ccccc4)cc3)c3ccc(-c4ccc(N(c5ccc6c(c5)oc5ccccc56)c5cccc6c5oc5ccccc56)cc4)cc3)cc2)cc1. The van der Waals surface area contributed by atoms with Gasteiger partial charge in [-0.15, -0.1) is 0 Å². The van der Waals surface area contributed by atoms with Crippen LogP contribution in [0.4, 0.5) is 34.1 Å². The first kappa shape index (κ1) is 37.2. The lowest BCUT2D eigenvalue weighted by Gasteiger charge is -2.26. The van der Waals surface area contributed by atoms with E-state index in [2.05, 4.69) is 228 Å². The molecule has 0 atom stereocenters. The molecule has 64 heavy (non-hydrogen) atoms. The van der Waals surface area contributed by atoms with Gasteiger partial charge in [0.05, 0.1) is 11.4 Å². The third-order valence-corrected chi connectivity index (χ3v) is 12.3. The smallest absolute Gasteiger partial charge is 0.159 e. The van der Waals surface area contributed by atoms with Gasteiger partial charge in [-0.05, 0) is 112 Å². The summed E-state index contributed by atoms with van der Waals surface area (Å²) in [6.45, 7) is 0. The maximum atomic E-state index is 6.61. The first-order chi connectivity index (χ1) is 31.7. The van der Waals surface area contributed by atoms with Gasteiger partial charge in [-0.25, -0.2) is 0 Å². The molecule has 0 spiro atoms. The van der Waals surface area contributed by atoms with Gasteiger partial charge in [-0.2, -0.15) is 0 Å². The van der Waals surface area contributed by atoms with Crippen molar-refractivity contribution in [2.45, 2.75) is 0 Å². The third kappa shape index (κ3) is 6.66. The summed E-state index contributed by atoms with van der Waals surface area (Å²) in [7, 11) is 0. The number of anilines is 6. The van der Waals surface area contributed by atoms with Crippen LogP contribution in [0.5, 0.6) is 0 Å². The van der Waals surface area contributed by atoms with Gasteiger partial charge < -0.3 is 18.6 Å². The Morgan fingerprint density at radius 1 is 0.234 bits per heavy atom. The molecule has 4 heteroatoms. The number of para-hydroxylation sites is 3. The van der Waals surface area contributed by atoms with Crippen molar-refractivity contribution in [3.05, 3.63) is 243 Å². The molecule has 10 aromatic carbocycles. The van der Waals surface area contributed by atoms with E-state index in [1.807, 2.05) is 24.3 Å². The van der Waals surface area contributed by atoms with Crippen molar-refractivity contribution < 1.29 is 8.83 Å². The zero-order valence-corrected chi connectivity index (χ0v) is 34.8. The molecule has 4 nitrogen and oxygen atoms in total. The normalized spacial score (nSPS) is 11.4. The highest BCUT2D eigenvalue weighted by Crippen LogP contribution is 2.44. The number of nitrogens with zero attached hydrogens (tertiary/aromatic N) is 2. The van der Waals surface area contributed by atoms with Gasteiger partial charge in [0.15, 0.2) is 5.58 Å². The molecule has 0 aliphatic heterocycles. The molecule has 12 rings (SSSR count). The molecular weight excluding hydrogens is 781 g/mol. The average Bonchev–Trinajstić information content (AvgIpc) is 3.94. The number of fused-ring (bicyclic) bond motifs is 6. The summed E-state index contributed by atoms with van der Waals surface area (Å²) in [6, 6.07) is 85.7. The van der Waals surface area contributed by atoms with Crippen LogP contribution in [0.25, 0.3) is 77.3 Å². The Morgan fingerprint density at radius 3 is 1.12 bits per heavy atom. The van der Waals surface area contributed by atoms with Crippen molar-refractivity contribution in [1.29, 1.82) is 0 Å². The Bertz CT molecular complexity index is 3490. The molecule has 2 aromatic heterocycles. The van der Waals surface area contributed by atoms with Crippen LogP contribution in [0.2, 0.25) is 0 Å². The first-order valence-corrected chi connectivity index (χ1v) is 21.7. The largest absolute Gasteiger partial charge is 0.456 e. The quantitative estimate of drug-likeness (QED) is 0.145. The van der Waals surface area contributed by atoms with E-state index in [-0.39, 0.29) is 0 Å². The molecule has 0 amide bonds. The number of hydrogen-bond acceptors (Lipinski definition) is 4. The molecule has 0 aliphatic rings. The minimum Gasteiger partial charge on any atom is -0.456 e. The lowest BCUT2D eigenvalue weighted by atomic mass is 10.0. The van der Waals surface area contributed by atoms with Crippen molar-refractivity contribution in [2.24, 2.45) is 0 Å². The third-order valence-electron chi connectivity index (χ3n) is 12.3. The number of furan rings is 2. The van der Waals surface area contributed by atoms with E-state index in [0.717, 1.165) is 89.1 Å². The van der Waals surface area contributed by atoms with E-state index in [4.69, 9.17) is 8.83 Å². The maximum Gasteiger partial charge on any atom is 0.159 e. The fourth-order valence-corrected chi connectivity index (χ4v) is 9.11. The Kier molecular flexibility index (Phi) is 9.12. The van der Waals surface area contributed by atoms with E-state index in [1.54, 1.807) is 0 Å². The number of benzene rings is 10. The van der Waals surface area contributed by atoms with Crippen LogP contribution in [-0.2, 0) is 0 Å². The van der Waals surface area contributed by atoms with Crippen LogP contribution < -0.4 is 9.80 Å². The van der Waals surface area contributed by atoms with Crippen molar-refractivity contribution in [1.82, 2.24) is 0 Å². The average molecular weight is 821 g/mol. The summed E-state index contributed by atoms with van der Waals surface area (Å²) in [4.78, 5) is 4.60. The summed E-state index contributed by atoms with van der Waals surface area (Å²) in [5, 5.41) is 4.37. The minimum atomic E-state index is 0.835. The van der Waals surface area contributed by atoms with Crippen LogP contribution >= 0.6 is 0 Å². The lowest BCUT2D eigenvalue weighted by Crippen LogP contribution is -2.10. The van der Waals surface area contributed by atoms with Crippen molar-refractivity contribution in [3.63, 3.8) is 0 Å². The van der Waals surface area contributed by atoms with Crippen molar-refractivity contribution in [3.8, 4) is 33.4 Å². The second kappa shape index (κ2) is 15.7. The van der Waals surface area contributed by atoms with Crippen LogP contribution in [0.1, 0.15) is 0 Å². The molecule has 0 aliphatic carbocycles. The Morgan fingerprint density at radius 2 is 0.609 bits per heavy atom. The Labute approximate surface area is 371 Å². The summed E-state index contributed by atoms with van der Waals surface area (Å²) >= 11 is 0. The van der Waals surface area contributed by atoms with E-state index in [9.17, 15) is 0 Å². The van der Waals surface area contributed by atoms with Gasteiger partial charge in [-0.3, -0.25) is 0 Å². The van der Waals surface area contributed by atoms with Crippen molar-refractivity contribution >= 4 is 78.0 Å². The Balaban J connectivity index is 0.909. The predicted octanol–water partition coefficient (Wildman–Crippen LogP) is 17.4. The van der Waals surface area contributed by atoms with Crippen LogP contribution in [-0.4, -0.2) is 0 Å². The summed E-state index contributed by atoms with van der Waals surface area (Å²) < 4.78 is 13.0. The topological polar surface area (TPSA) is 32.8 Å². The molecule has 0 saturated heterocycles. The number of hydrogen-bond donors (Lipinski definition) is 0. The molecule has 12 aromatic rings. The lowest BCUT2D eigenvalue weighted by molar-refractivity contribution is 0.667. The highest BCUT2D eigenvalue weighted by molar-refractivity contribution is 6.11. The van der Waals surface area contributed by atoms with E-state index >= 15 is 0 Å². The van der Waals surface area contributed by atoms with Gasteiger partial charge in [-0.1, -0.05) is 158 Å². The summed E-state index contributed by atoms with van der Waals surface area (Å²) in [5.41, 5.74) is 16.6. The van der Waals surface area contributed by atoms with Crippen LogP contribution in [0.15, 0.2) is 251 Å². The first-order valence-electron chi connectivity index (χ1n) is 21.7. The fraction of sp³-hybridized carbons (Fsp3) is 0. The summed E-state index contributed by atoms with van der Waals surface area (Å²) in [5.74, 6) is 0. The molecule has 2 heterocycles. The van der Waals surface area contributed by atoms with Gasteiger partial charge in [0.1, 0.15) is 16.7 Å². The van der Waals surface area contributed by atoms with Gasteiger partial charge in [0.25, 0.3) is 0 Å². The molecule has 0 unspecified atom stereocenters. The highest BCUT2D eigenvalue weighted by atomic mass is 16.3. The molecule has 0 N–H and O–H groups in total. The predicted molar refractivity (Wildman–Crippen MR) is 267 cm³/mol. The molecule has 0 saturated carbocycles. The van der Waals surface area contributed by atoms with Gasteiger partial charge in [0.2, 0.25) is 0 Å². The Hall–Kier alpha value is -8.60. The van der Waals surface area contributed by atoms with Gasteiger partial charge >= 0.3 is 0 Å². The molecule has 302 valence electrons. The van der Waals surface area contributed by atoms with Gasteiger partial charge in [0, 0.05) is 50.4 Å². The fourth-order valence-electron chi connectivity index (χ4n) is 9.11. The van der Waals surface area contributed by atoms with E-state index in [0.29, 0.717) is 0 Å².